The molecule has 1 N–H and O–H groups in total. The molecule has 0 spiro atoms. The van der Waals surface area contributed by atoms with Gasteiger partial charge in [-0.25, -0.2) is 9.79 Å². The van der Waals surface area contributed by atoms with Gasteiger partial charge >= 0.3 is 5.97 Å². The highest BCUT2D eigenvalue weighted by molar-refractivity contribution is 5.89. The first-order valence-corrected chi connectivity index (χ1v) is 2.59. The fourth-order valence-corrected chi connectivity index (χ4v) is 0.444. The van der Waals surface area contributed by atoms with Gasteiger partial charge in [-0.3, -0.25) is 0 Å². The summed E-state index contributed by atoms with van der Waals surface area (Å²) >= 11 is 0. The molecule has 0 aromatic carbocycles. The van der Waals surface area contributed by atoms with Crippen molar-refractivity contribution < 1.29 is 14.6 Å². The van der Waals surface area contributed by atoms with Crippen LogP contribution in [0.1, 0.15) is 0 Å². The Labute approximate surface area is 57.1 Å². The van der Waals surface area contributed by atoms with Crippen molar-refractivity contribution in [2.75, 3.05) is 0 Å². The number of aliphatic carboxylic acids is 1. The molecule has 0 aromatic rings. The largest absolute Gasteiger partial charge is 0.476 e. The highest BCUT2D eigenvalue weighted by atomic mass is 16.5. The maximum Gasteiger partial charge on any atom is 0.357 e. The van der Waals surface area contributed by atoms with E-state index in [9.17, 15) is 4.79 Å². The van der Waals surface area contributed by atoms with Gasteiger partial charge in [-0.1, -0.05) is 0 Å². The molecule has 0 saturated carbocycles. The standard InChI is InChI=1S/C6H5NO3/c8-6(9)5-4-10-3-1-2-7-5/h1-4H,(H,8,9). The van der Waals surface area contributed by atoms with Crippen molar-refractivity contribution >= 4 is 12.2 Å². The van der Waals surface area contributed by atoms with Gasteiger partial charge in [0.05, 0.1) is 6.26 Å². The molecular weight excluding hydrogens is 134 g/mol. The van der Waals surface area contributed by atoms with Gasteiger partial charge in [0, 0.05) is 6.21 Å². The Hall–Kier alpha value is -1.58. The smallest absolute Gasteiger partial charge is 0.357 e. The zero-order chi connectivity index (χ0) is 7.40. The van der Waals surface area contributed by atoms with Crippen molar-refractivity contribution in [2.45, 2.75) is 0 Å². The van der Waals surface area contributed by atoms with E-state index in [2.05, 4.69) is 9.73 Å². The second kappa shape index (κ2) is 2.82. The van der Waals surface area contributed by atoms with Crippen molar-refractivity contribution in [3.8, 4) is 0 Å². The van der Waals surface area contributed by atoms with Gasteiger partial charge in [0.25, 0.3) is 0 Å². The molecule has 0 fully saturated rings. The Bertz CT molecular complexity index is 227. The molecule has 10 heavy (non-hydrogen) atoms. The molecule has 0 bridgehead atoms. The Morgan fingerprint density at radius 3 is 3.20 bits per heavy atom. The molecule has 4 heteroatoms. The summed E-state index contributed by atoms with van der Waals surface area (Å²) in [5, 5.41) is 8.37. The summed E-state index contributed by atoms with van der Waals surface area (Å²) in [4.78, 5) is 13.8. The van der Waals surface area contributed by atoms with E-state index >= 15 is 0 Å². The third-order valence-electron chi connectivity index (χ3n) is 0.856. The Morgan fingerprint density at radius 2 is 2.50 bits per heavy atom. The molecule has 0 aliphatic carbocycles. The van der Waals surface area contributed by atoms with Crippen LogP contribution in [0.5, 0.6) is 0 Å². The summed E-state index contributed by atoms with van der Waals surface area (Å²) < 4.78 is 4.62. The third-order valence-corrected chi connectivity index (χ3v) is 0.856. The van der Waals surface area contributed by atoms with E-state index in [0.717, 1.165) is 6.26 Å². The minimum absolute atomic E-state index is 0.106. The molecule has 0 radical (unpaired) electrons. The lowest BCUT2D eigenvalue weighted by Crippen LogP contribution is -1.97. The number of allylic oxidation sites excluding steroid dienone is 1. The van der Waals surface area contributed by atoms with Gasteiger partial charge in [0.2, 0.25) is 0 Å². The predicted molar refractivity (Wildman–Crippen MR) is 34.4 cm³/mol. The molecule has 1 aliphatic heterocycles. The van der Waals surface area contributed by atoms with Gasteiger partial charge in [0.15, 0.2) is 5.70 Å². The second-order valence-electron chi connectivity index (χ2n) is 1.55. The van der Waals surface area contributed by atoms with Crippen LogP contribution in [0.4, 0.5) is 0 Å². The van der Waals surface area contributed by atoms with Crippen LogP contribution in [-0.4, -0.2) is 17.3 Å². The third kappa shape index (κ3) is 1.45. The number of carbonyl (C=O) groups is 1. The van der Waals surface area contributed by atoms with Crippen molar-refractivity contribution in [3.05, 3.63) is 24.3 Å². The summed E-state index contributed by atoms with van der Waals surface area (Å²) in [6.07, 6.45) is 5.28. The highest BCUT2D eigenvalue weighted by Gasteiger charge is 2.04. The van der Waals surface area contributed by atoms with Gasteiger partial charge in [-0.05, 0) is 6.08 Å². The van der Waals surface area contributed by atoms with E-state index in [0.29, 0.717) is 0 Å². The van der Waals surface area contributed by atoms with Gasteiger partial charge in [-0.2, -0.15) is 0 Å². The lowest BCUT2D eigenvalue weighted by molar-refractivity contribution is -0.132. The van der Waals surface area contributed by atoms with Gasteiger partial charge in [-0.15, -0.1) is 0 Å². The summed E-state index contributed by atoms with van der Waals surface area (Å²) in [6, 6.07) is 0. The molecule has 0 unspecified atom stereocenters. The number of ether oxygens (including phenoxy) is 1. The van der Waals surface area contributed by atoms with Crippen LogP contribution < -0.4 is 0 Å². The first-order chi connectivity index (χ1) is 4.80. The predicted octanol–water partition coefficient (Wildman–Crippen LogP) is 0.527. The van der Waals surface area contributed by atoms with Crippen LogP contribution in [0.15, 0.2) is 29.3 Å². The first kappa shape index (κ1) is 6.54. The van der Waals surface area contributed by atoms with Crippen LogP contribution in [0.2, 0.25) is 0 Å². The Kier molecular flexibility index (Phi) is 1.84. The Balaban J connectivity index is 2.78. The minimum Gasteiger partial charge on any atom is -0.476 e. The molecule has 1 aliphatic rings. The van der Waals surface area contributed by atoms with Crippen LogP contribution in [-0.2, 0) is 9.53 Å². The quantitative estimate of drug-likeness (QED) is 0.576. The van der Waals surface area contributed by atoms with Gasteiger partial charge < -0.3 is 9.84 Å². The molecule has 0 atom stereocenters. The number of hydrogen-bond acceptors (Lipinski definition) is 3. The van der Waals surface area contributed by atoms with E-state index in [4.69, 9.17) is 5.11 Å². The molecule has 1 heterocycles. The molecule has 4 nitrogen and oxygen atoms in total. The van der Waals surface area contributed by atoms with Crippen molar-refractivity contribution in [1.29, 1.82) is 0 Å². The van der Waals surface area contributed by atoms with Crippen molar-refractivity contribution in [1.82, 2.24) is 0 Å². The van der Waals surface area contributed by atoms with Crippen LogP contribution in [0.3, 0.4) is 0 Å². The average molecular weight is 139 g/mol. The van der Waals surface area contributed by atoms with Crippen molar-refractivity contribution in [2.24, 2.45) is 4.99 Å². The number of aliphatic imine (C=N–C) groups is 1. The van der Waals surface area contributed by atoms with Gasteiger partial charge in [0.1, 0.15) is 6.26 Å². The van der Waals surface area contributed by atoms with E-state index in [1.807, 2.05) is 0 Å². The van der Waals surface area contributed by atoms with Crippen LogP contribution in [0.25, 0.3) is 0 Å². The van der Waals surface area contributed by atoms with Crippen LogP contribution in [0, 0.1) is 0 Å². The topological polar surface area (TPSA) is 58.9 Å². The average Bonchev–Trinajstić information content (AvgIpc) is 2.12. The highest BCUT2D eigenvalue weighted by Crippen LogP contribution is 1.99. The number of carboxylic acids is 1. The van der Waals surface area contributed by atoms with E-state index in [1.54, 1.807) is 0 Å². The Morgan fingerprint density at radius 1 is 1.70 bits per heavy atom. The molecule has 1 rings (SSSR count). The SMILES string of the molecule is O=C(O)C1=COC=CC=N1. The summed E-state index contributed by atoms with van der Waals surface area (Å²) in [5.74, 6) is -1.10. The maximum atomic E-state index is 10.2. The number of rotatable bonds is 1. The molecule has 0 amide bonds. The summed E-state index contributed by atoms with van der Waals surface area (Å²) in [5.41, 5.74) is -0.106. The molecule has 52 valence electrons. The number of nitrogens with zero attached hydrogens (tertiary/aromatic N) is 1. The van der Waals surface area contributed by atoms with E-state index in [-0.39, 0.29) is 5.70 Å². The van der Waals surface area contributed by atoms with E-state index in [1.165, 1.54) is 18.6 Å². The number of hydrogen-bond donors (Lipinski definition) is 1. The fourth-order valence-electron chi connectivity index (χ4n) is 0.444. The number of carboxylic acid groups (broad SMARTS) is 1. The zero-order valence-electron chi connectivity index (χ0n) is 5.02. The van der Waals surface area contributed by atoms with Crippen LogP contribution >= 0.6 is 0 Å². The molecule has 0 aromatic heterocycles. The molecule has 0 saturated heterocycles. The first-order valence-electron chi connectivity index (χ1n) is 2.59. The monoisotopic (exact) mass is 139 g/mol. The second-order valence-corrected chi connectivity index (χ2v) is 1.55. The minimum atomic E-state index is -1.10. The molecular formula is C6H5NO3. The normalized spacial score (nSPS) is 15.4. The van der Waals surface area contributed by atoms with E-state index < -0.39 is 5.97 Å². The fraction of sp³-hybridized carbons (Fsp3) is 0. The summed E-state index contributed by atoms with van der Waals surface area (Å²) in [7, 11) is 0. The summed E-state index contributed by atoms with van der Waals surface area (Å²) in [6.45, 7) is 0. The zero-order valence-corrected chi connectivity index (χ0v) is 5.02. The lowest BCUT2D eigenvalue weighted by atomic mass is 10.5. The maximum absolute atomic E-state index is 10.2. The lowest BCUT2D eigenvalue weighted by Gasteiger charge is -1.89. The van der Waals surface area contributed by atoms with Crippen molar-refractivity contribution in [3.63, 3.8) is 0 Å².